The highest BCUT2D eigenvalue weighted by Gasteiger charge is 2.16. The van der Waals surface area contributed by atoms with Crippen LogP contribution in [0.1, 0.15) is 19.8 Å². The molecule has 0 aliphatic rings. The summed E-state index contributed by atoms with van der Waals surface area (Å²) in [5, 5.41) is 15.0. The minimum Gasteiger partial charge on any atom is -0.370 e. The molecule has 17 heavy (non-hydrogen) atoms. The second kappa shape index (κ2) is 8.51. The zero-order valence-corrected chi connectivity index (χ0v) is 10.3. The van der Waals surface area contributed by atoms with Crippen molar-refractivity contribution in [1.29, 1.82) is 5.41 Å². The van der Waals surface area contributed by atoms with Gasteiger partial charge in [-0.15, -0.1) is 0 Å². The molecule has 1 atom stereocenters. The van der Waals surface area contributed by atoms with Crippen molar-refractivity contribution < 1.29 is 9.59 Å². The van der Waals surface area contributed by atoms with Gasteiger partial charge in [0.2, 0.25) is 5.91 Å². The van der Waals surface area contributed by atoms with E-state index in [1.54, 1.807) is 7.05 Å². The SMILES string of the molecule is CNC(=O)C(CCCNC(=N)N)NCC(C)=O. The molecule has 6 N–H and O–H groups in total. The molecule has 0 radical (unpaired) electrons. The Morgan fingerprint density at radius 3 is 2.53 bits per heavy atom. The van der Waals surface area contributed by atoms with Crippen LogP contribution in [0.4, 0.5) is 0 Å². The van der Waals surface area contributed by atoms with Gasteiger partial charge in [-0.3, -0.25) is 20.3 Å². The smallest absolute Gasteiger partial charge is 0.236 e. The first-order chi connectivity index (χ1) is 7.97. The highest BCUT2D eigenvalue weighted by Crippen LogP contribution is 1.96. The van der Waals surface area contributed by atoms with Crippen molar-refractivity contribution in [2.75, 3.05) is 20.1 Å². The van der Waals surface area contributed by atoms with Gasteiger partial charge in [-0.1, -0.05) is 0 Å². The lowest BCUT2D eigenvalue weighted by atomic mass is 10.1. The molecule has 1 amide bonds. The topological polar surface area (TPSA) is 120 Å². The van der Waals surface area contributed by atoms with E-state index in [0.717, 1.165) is 0 Å². The molecule has 7 heteroatoms. The third kappa shape index (κ3) is 8.21. The van der Waals surface area contributed by atoms with Crippen LogP contribution in [0.2, 0.25) is 0 Å². The van der Waals surface area contributed by atoms with Crippen LogP contribution in [-0.4, -0.2) is 43.8 Å². The Balaban J connectivity index is 3.97. The van der Waals surface area contributed by atoms with Gasteiger partial charge in [0.15, 0.2) is 5.96 Å². The van der Waals surface area contributed by atoms with E-state index in [1.165, 1.54) is 6.92 Å². The van der Waals surface area contributed by atoms with Gasteiger partial charge < -0.3 is 16.4 Å². The molecule has 0 spiro atoms. The Morgan fingerprint density at radius 2 is 2.06 bits per heavy atom. The Bertz CT molecular complexity index is 280. The molecule has 0 bridgehead atoms. The molecule has 0 saturated heterocycles. The van der Waals surface area contributed by atoms with E-state index in [9.17, 15) is 9.59 Å². The van der Waals surface area contributed by atoms with Gasteiger partial charge in [0.25, 0.3) is 0 Å². The molecule has 98 valence electrons. The number of nitrogens with two attached hydrogens (primary N) is 1. The number of likely N-dealkylation sites (N-methyl/N-ethyl adjacent to an activating group) is 1. The first-order valence-electron chi connectivity index (χ1n) is 5.49. The van der Waals surface area contributed by atoms with Crippen LogP contribution in [0.3, 0.4) is 0 Å². The van der Waals surface area contributed by atoms with Crippen molar-refractivity contribution in [3.63, 3.8) is 0 Å². The van der Waals surface area contributed by atoms with Crippen LogP contribution in [0.15, 0.2) is 0 Å². The molecule has 0 fully saturated rings. The molecule has 0 aliphatic heterocycles. The fourth-order valence-corrected chi connectivity index (χ4v) is 1.30. The Kier molecular flexibility index (Phi) is 7.70. The number of amides is 1. The van der Waals surface area contributed by atoms with Crippen LogP contribution in [0.5, 0.6) is 0 Å². The van der Waals surface area contributed by atoms with E-state index >= 15 is 0 Å². The minimum absolute atomic E-state index is 0.0132. The Labute approximate surface area is 101 Å². The predicted molar refractivity (Wildman–Crippen MR) is 65.7 cm³/mol. The summed E-state index contributed by atoms with van der Waals surface area (Å²) < 4.78 is 0. The van der Waals surface area contributed by atoms with Gasteiger partial charge in [-0.2, -0.15) is 0 Å². The number of nitrogens with one attached hydrogen (secondary N) is 4. The van der Waals surface area contributed by atoms with Gasteiger partial charge in [-0.05, 0) is 19.8 Å². The molecule has 0 aromatic heterocycles. The van der Waals surface area contributed by atoms with Gasteiger partial charge in [0, 0.05) is 13.6 Å². The van der Waals surface area contributed by atoms with Gasteiger partial charge in [-0.25, -0.2) is 0 Å². The number of hydrogen-bond acceptors (Lipinski definition) is 4. The molecule has 0 aromatic carbocycles. The van der Waals surface area contributed by atoms with Crippen LogP contribution in [0, 0.1) is 5.41 Å². The fraction of sp³-hybridized carbons (Fsp3) is 0.700. The average molecular weight is 243 g/mol. The lowest BCUT2D eigenvalue weighted by molar-refractivity contribution is -0.123. The summed E-state index contributed by atoms with van der Waals surface area (Å²) in [6.45, 7) is 2.17. The van der Waals surface area contributed by atoms with E-state index in [0.29, 0.717) is 19.4 Å². The van der Waals surface area contributed by atoms with Crippen molar-refractivity contribution >= 4 is 17.6 Å². The molecule has 0 heterocycles. The van der Waals surface area contributed by atoms with E-state index in [1.807, 2.05) is 0 Å². The van der Waals surface area contributed by atoms with Gasteiger partial charge >= 0.3 is 0 Å². The van der Waals surface area contributed by atoms with Crippen LogP contribution in [-0.2, 0) is 9.59 Å². The zero-order valence-electron chi connectivity index (χ0n) is 10.3. The van der Waals surface area contributed by atoms with E-state index in [2.05, 4.69) is 16.0 Å². The lowest BCUT2D eigenvalue weighted by Gasteiger charge is -2.16. The van der Waals surface area contributed by atoms with Crippen molar-refractivity contribution in [2.45, 2.75) is 25.8 Å². The lowest BCUT2D eigenvalue weighted by Crippen LogP contribution is -2.45. The van der Waals surface area contributed by atoms with Crippen LogP contribution >= 0.6 is 0 Å². The third-order valence-corrected chi connectivity index (χ3v) is 2.15. The normalized spacial score (nSPS) is 11.6. The summed E-state index contributed by atoms with van der Waals surface area (Å²) in [7, 11) is 1.55. The van der Waals surface area contributed by atoms with E-state index < -0.39 is 6.04 Å². The van der Waals surface area contributed by atoms with Crippen molar-refractivity contribution in [2.24, 2.45) is 5.73 Å². The van der Waals surface area contributed by atoms with Crippen LogP contribution in [0.25, 0.3) is 0 Å². The highest BCUT2D eigenvalue weighted by molar-refractivity contribution is 5.83. The van der Waals surface area contributed by atoms with Gasteiger partial charge in [0.05, 0.1) is 12.6 Å². The molecule has 0 saturated carbocycles. The maximum atomic E-state index is 11.5. The summed E-state index contributed by atoms with van der Waals surface area (Å²) in [6, 6.07) is -0.391. The number of Topliss-reactive ketones (excluding diaryl/α,β-unsaturated/α-hetero) is 1. The minimum atomic E-state index is -0.391. The molecule has 7 nitrogen and oxygen atoms in total. The first kappa shape index (κ1) is 15.4. The Hall–Kier alpha value is -1.63. The monoisotopic (exact) mass is 243 g/mol. The standard InChI is InChI=1S/C10H21N5O2/c1-7(16)6-15-8(9(17)13-2)4-3-5-14-10(11)12/h8,15H,3-6H2,1-2H3,(H,13,17)(H4,11,12,14). The zero-order chi connectivity index (χ0) is 13.3. The summed E-state index contributed by atoms with van der Waals surface area (Å²) in [5.74, 6) is -0.243. The second-order valence-corrected chi connectivity index (χ2v) is 3.73. The molecule has 0 aliphatic carbocycles. The maximum absolute atomic E-state index is 11.5. The highest BCUT2D eigenvalue weighted by atomic mass is 16.2. The largest absolute Gasteiger partial charge is 0.370 e. The molecular formula is C10H21N5O2. The third-order valence-electron chi connectivity index (χ3n) is 2.15. The van der Waals surface area contributed by atoms with Crippen molar-refractivity contribution in [1.82, 2.24) is 16.0 Å². The summed E-state index contributed by atoms with van der Waals surface area (Å²) in [4.78, 5) is 22.3. The molecule has 0 aromatic rings. The number of ketones is 1. The van der Waals surface area contributed by atoms with Gasteiger partial charge in [0.1, 0.15) is 5.78 Å². The second-order valence-electron chi connectivity index (χ2n) is 3.73. The van der Waals surface area contributed by atoms with Crippen molar-refractivity contribution in [3.05, 3.63) is 0 Å². The summed E-state index contributed by atoms with van der Waals surface area (Å²) in [5.41, 5.74) is 5.13. The quantitative estimate of drug-likeness (QED) is 0.203. The summed E-state index contributed by atoms with van der Waals surface area (Å²) >= 11 is 0. The Morgan fingerprint density at radius 1 is 1.41 bits per heavy atom. The summed E-state index contributed by atoms with van der Waals surface area (Å²) in [6.07, 6.45) is 1.26. The number of hydrogen-bond donors (Lipinski definition) is 5. The molecule has 0 rings (SSSR count). The number of carbonyl (C=O) groups excluding carboxylic acids is 2. The van der Waals surface area contributed by atoms with Crippen molar-refractivity contribution in [3.8, 4) is 0 Å². The van der Waals surface area contributed by atoms with E-state index in [4.69, 9.17) is 11.1 Å². The van der Waals surface area contributed by atoms with E-state index in [-0.39, 0.29) is 24.2 Å². The number of guanidine groups is 1. The first-order valence-corrected chi connectivity index (χ1v) is 5.49. The number of carbonyl (C=O) groups is 2. The average Bonchev–Trinajstić information content (AvgIpc) is 2.26. The van der Waals surface area contributed by atoms with Crippen LogP contribution < -0.4 is 21.7 Å². The molecule has 1 unspecified atom stereocenters. The number of rotatable bonds is 8. The maximum Gasteiger partial charge on any atom is 0.236 e. The fourth-order valence-electron chi connectivity index (χ4n) is 1.30. The molecular weight excluding hydrogens is 222 g/mol. The predicted octanol–water partition coefficient (Wildman–Crippen LogP) is -1.46.